The van der Waals surface area contributed by atoms with E-state index < -0.39 is 5.97 Å². The summed E-state index contributed by atoms with van der Waals surface area (Å²) in [6.45, 7) is 7.90. The highest BCUT2D eigenvalue weighted by Crippen LogP contribution is 1.98. The Balaban J connectivity index is 0. The van der Waals surface area contributed by atoms with Crippen LogP contribution in [0.1, 0.15) is 6.92 Å². The molecule has 0 aliphatic carbocycles. The topological polar surface area (TPSA) is 46.5 Å². The fourth-order valence-electron chi connectivity index (χ4n) is 0.262. The molecule has 0 aromatic heterocycles. The zero-order valence-corrected chi connectivity index (χ0v) is 8.86. The Kier molecular flexibility index (Phi) is 11.0. The first kappa shape index (κ1) is 15.0. The van der Waals surface area contributed by atoms with Crippen molar-refractivity contribution >= 4 is 29.2 Å². The molecule has 0 atom stereocenters. The lowest BCUT2D eigenvalue weighted by Crippen LogP contribution is -2.08. The van der Waals surface area contributed by atoms with Crippen molar-refractivity contribution in [3.63, 3.8) is 0 Å². The van der Waals surface area contributed by atoms with E-state index in [1.165, 1.54) is 0 Å². The van der Waals surface area contributed by atoms with Gasteiger partial charge in [0.2, 0.25) is 0 Å². The van der Waals surface area contributed by atoms with Gasteiger partial charge in [0.25, 0.3) is 0 Å². The summed E-state index contributed by atoms with van der Waals surface area (Å²) < 4.78 is 4.58. The lowest BCUT2D eigenvalue weighted by Gasteiger charge is -1.99. The normalized spacial score (nSPS) is 8.00. The Hall–Kier alpha value is -0.510. The van der Waals surface area contributed by atoms with Crippen molar-refractivity contribution in [3.8, 4) is 0 Å². The van der Waals surface area contributed by atoms with Gasteiger partial charge in [-0.2, -0.15) is 0 Å². The average Bonchev–Trinajstić information content (AvgIpc) is 1.98. The van der Waals surface area contributed by atoms with Crippen LogP contribution in [0.15, 0.2) is 23.2 Å². The minimum atomic E-state index is -0.455. The molecule has 0 spiro atoms. The highest BCUT2D eigenvalue weighted by Gasteiger charge is 1.99. The van der Waals surface area contributed by atoms with Crippen LogP contribution in [0.4, 0.5) is 0 Å². The molecule has 5 heteroatoms. The zero-order valence-electron chi connectivity index (χ0n) is 7.35. The smallest absolute Gasteiger partial charge is 0.333 e. The van der Waals surface area contributed by atoms with Crippen molar-refractivity contribution in [2.45, 2.75) is 6.92 Å². The first-order valence-electron chi connectivity index (χ1n) is 3.35. The van der Waals surface area contributed by atoms with Crippen LogP contribution >= 0.6 is 23.2 Å². The van der Waals surface area contributed by atoms with Gasteiger partial charge in [0.15, 0.2) is 0 Å². The first-order valence-corrected chi connectivity index (χ1v) is 4.10. The van der Waals surface area contributed by atoms with Crippen LogP contribution in [0.5, 0.6) is 0 Å². The molecule has 0 aliphatic rings. The molecule has 0 amide bonds. The molecular formula is C8H12Cl2O3. The number of carbonyl (C=O) groups excluding carboxylic acids is 1. The van der Waals surface area contributed by atoms with Crippen molar-refractivity contribution in [1.82, 2.24) is 0 Å². The van der Waals surface area contributed by atoms with Crippen molar-refractivity contribution in [1.29, 1.82) is 0 Å². The highest BCUT2D eigenvalue weighted by molar-refractivity contribution is 6.55. The van der Waals surface area contributed by atoms with Crippen LogP contribution in [-0.4, -0.2) is 24.3 Å². The molecule has 1 N–H and O–H groups in total. The number of esters is 1. The van der Waals surface area contributed by atoms with Crippen LogP contribution in [0.2, 0.25) is 0 Å². The van der Waals surface area contributed by atoms with Gasteiger partial charge in [-0.25, -0.2) is 4.79 Å². The number of carbonyl (C=O) groups is 1. The van der Waals surface area contributed by atoms with Gasteiger partial charge in [-0.3, -0.25) is 0 Å². The molecule has 3 nitrogen and oxygen atoms in total. The Bertz CT molecular complexity index is 186. The Morgan fingerprint density at radius 2 is 1.85 bits per heavy atom. The quantitative estimate of drug-likeness (QED) is 0.592. The third kappa shape index (κ3) is 18.4. The summed E-state index contributed by atoms with van der Waals surface area (Å²) in [5, 5.41) is 8.19. The third-order valence-electron chi connectivity index (χ3n) is 0.673. The summed E-state index contributed by atoms with van der Waals surface area (Å²) in [6.07, 6.45) is 0. The van der Waals surface area contributed by atoms with Gasteiger partial charge in [0.1, 0.15) is 6.61 Å². The second-order valence-electron chi connectivity index (χ2n) is 1.98. The maximum absolute atomic E-state index is 10.5. The Morgan fingerprint density at radius 3 is 2.08 bits per heavy atom. The van der Waals surface area contributed by atoms with E-state index in [2.05, 4.69) is 17.9 Å². The molecule has 0 unspecified atom stereocenters. The molecule has 13 heavy (non-hydrogen) atoms. The lowest BCUT2D eigenvalue weighted by molar-refractivity contribution is -0.139. The maximum atomic E-state index is 10.5. The largest absolute Gasteiger partial charge is 0.460 e. The molecule has 0 fully saturated rings. The zero-order chi connectivity index (χ0) is 10.9. The van der Waals surface area contributed by atoms with E-state index in [1.54, 1.807) is 6.92 Å². The fraction of sp³-hybridized carbons (Fsp3) is 0.375. The Morgan fingerprint density at radius 1 is 1.46 bits per heavy atom. The molecule has 0 saturated heterocycles. The summed E-state index contributed by atoms with van der Waals surface area (Å²) in [5.41, 5.74) is 0.350. The monoisotopic (exact) mass is 226 g/mol. The second kappa shape index (κ2) is 9.58. The summed E-state index contributed by atoms with van der Waals surface area (Å²) in [4.78, 5) is 10.5. The summed E-state index contributed by atoms with van der Waals surface area (Å²) in [7, 11) is 0. The van der Waals surface area contributed by atoms with Crippen LogP contribution in [-0.2, 0) is 9.53 Å². The lowest BCUT2D eigenvalue weighted by atomic mass is 10.4. The van der Waals surface area contributed by atoms with E-state index >= 15 is 0 Å². The van der Waals surface area contributed by atoms with Crippen molar-refractivity contribution in [2.75, 3.05) is 13.2 Å². The van der Waals surface area contributed by atoms with Crippen molar-refractivity contribution in [2.24, 2.45) is 0 Å². The molecule has 0 aliphatic heterocycles. The number of hydrogen-bond acceptors (Lipinski definition) is 3. The SMILES string of the molecule is C=C(C)C(=O)OCCO.C=C(Cl)Cl. The van der Waals surface area contributed by atoms with E-state index in [0.717, 1.165) is 0 Å². The van der Waals surface area contributed by atoms with Crippen LogP contribution in [0.3, 0.4) is 0 Å². The molecule has 76 valence electrons. The Labute approximate surface area is 87.6 Å². The van der Waals surface area contributed by atoms with Crippen LogP contribution in [0.25, 0.3) is 0 Å². The molecule has 0 saturated carbocycles. The maximum Gasteiger partial charge on any atom is 0.333 e. The third-order valence-corrected chi connectivity index (χ3v) is 0.673. The number of ether oxygens (including phenoxy) is 1. The van der Waals surface area contributed by atoms with Crippen LogP contribution < -0.4 is 0 Å². The van der Waals surface area contributed by atoms with Gasteiger partial charge in [-0.1, -0.05) is 36.4 Å². The standard InChI is InChI=1S/C6H10O3.C2H2Cl2/c1-5(2)6(8)9-4-3-7;1-2(3)4/h7H,1,3-4H2,2H3;1H2. The van der Waals surface area contributed by atoms with Gasteiger partial charge >= 0.3 is 5.97 Å². The summed E-state index contributed by atoms with van der Waals surface area (Å²) in [6, 6.07) is 0. The minimum absolute atomic E-state index is 0.0473. The van der Waals surface area contributed by atoms with E-state index in [1.807, 2.05) is 0 Å². The van der Waals surface area contributed by atoms with Crippen molar-refractivity contribution < 1.29 is 14.6 Å². The van der Waals surface area contributed by atoms with E-state index in [9.17, 15) is 4.79 Å². The molecule has 0 radical (unpaired) electrons. The molecule has 0 rings (SSSR count). The first-order chi connectivity index (χ1) is 5.91. The van der Waals surface area contributed by atoms with Gasteiger partial charge in [-0.05, 0) is 6.92 Å². The van der Waals surface area contributed by atoms with Gasteiger partial charge in [0, 0.05) is 5.57 Å². The molecule has 0 aromatic carbocycles. The van der Waals surface area contributed by atoms with Gasteiger partial charge in [-0.15, -0.1) is 0 Å². The van der Waals surface area contributed by atoms with E-state index in [-0.39, 0.29) is 17.7 Å². The highest BCUT2D eigenvalue weighted by atomic mass is 35.5. The predicted octanol–water partition coefficient (Wildman–Crippen LogP) is 2.03. The summed E-state index contributed by atoms with van der Waals surface area (Å²) >= 11 is 9.69. The number of halogens is 2. The second-order valence-corrected chi connectivity index (χ2v) is 3.08. The number of rotatable bonds is 3. The predicted molar refractivity (Wildman–Crippen MR) is 53.7 cm³/mol. The molecule has 0 aromatic rings. The minimum Gasteiger partial charge on any atom is -0.460 e. The molecule has 0 heterocycles. The number of aliphatic hydroxyl groups excluding tert-OH is 1. The average molecular weight is 227 g/mol. The van der Waals surface area contributed by atoms with E-state index in [0.29, 0.717) is 5.57 Å². The van der Waals surface area contributed by atoms with E-state index in [4.69, 9.17) is 28.3 Å². The van der Waals surface area contributed by atoms with Crippen molar-refractivity contribution in [3.05, 3.63) is 23.2 Å². The fourth-order valence-corrected chi connectivity index (χ4v) is 0.262. The summed E-state index contributed by atoms with van der Waals surface area (Å²) in [5.74, 6) is -0.455. The van der Waals surface area contributed by atoms with Gasteiger partial charge in [0.05, 0.1) is 11.1 Å². The van der Waals surface area contributed by atoms with Gasteiger partial charge < -0.3 is 9.84 Å². The van der Waals surface area contributed by atoms with Crippen LogP contribution in [0, 0.1) is 0 Å². The molecular weight excluding hydrogens is 215 g/mol. The number of aliphatic hydroxyl groups is 1. The number of hydrogen-bond donors (Lipinski definition) is 1. The molecule has 0 bridgehead atoms.